The second-order valence-electron chi connectivity index (χ2n) is 3.99. The Balaban J connectivity index is 2.45. The van der Waals surface area contributed by atoms with Crippen LogP contribution in [0, 0.1) is 17.5 Å². The van der Waals surface area contributed by atoms with E-state index >= 15 is 0 Å². The molecule has 1 atom stereocenters. The first kappa shape index (κ1) is 13.6. The minimum atomic E-state index is -1.51. The van der Waals surface area contributed by atoms with Gasteiger partial charge in [0.25, 0.3) is 0 Å². The third-order valence-electron chi connectivity index (χ3n) is 2.85. The maximum atomic E-state index is 13.7. The summed E-state index contributed by atoms with van der Waals surface area (Å²) in [4.78, 5) is 0. The van der Waals surface area contributed by atoms with Gasteiger partial charge in [0.15, 0.2) is 17.5 Å². The molecule has 19 heavy (non-hydrogen) atoms. The fraction of sp³-hybridized carbons (Fsp3) is 0.250. The molecule has 3 N–H and O–H groups in total. The Morgan fingerprint density at radius 2 is 2.05 bits per heavy atom. The van der Waals surface area contributed by atoms with Crippen molar-refractivity contribution in [1.82, 2.24) is 15.2 Å². The quantitative estimate of drug-likeness (QED) is 0.506. The number of hydrogen-bond donors (Lipinski definition) is 2. The molecule has 1 unspecified atom stereocenters. The molecular weight excluding hydrogens is 257 g/mol. The van der Waals surface area contributed by atoms with Crippen LogP contribution in [0.1, 0.15) is 24.1 Å². The van der Waals surface area contributed by atoms with Gasteiger partial charge >= 0.3 is 0 Å². The van der Waals surface area contributed by atoms with Crippen molar-refractivity contribution in [3.63, 3.8) is 0 Å². The van der Waals surface area contributed by atoms with Gasteiger partial charge < -0.3 is 0 Å². The van der Waals surface area contributed by atoms with Crippen molar-refractivity contribution < 1.29 is 13.2 Å². The van der Waals surface area contributed by atoms with Gasteiger partial charge in [-0.1, -0.05) is 6.07 Å². The molecule has 102 valence electrons. The monoisotopic (exact) mass is 270 g/mol. The molecule has 0 aliphatic carbocycles. The highest BCUT2D eigenvalue weighted by atomic mass is 19.2. The molecule has 0 radical (unpaired) electrons. The SMILES string of the molecule is CCn1cc(C(NN)c2ccc(F)c(F)c2F)cn1. The topological polar surface area (TPSA) is 55.9 Å². The fourth-order valence-corrected chi connectivity index (χ4v) is 1.83. The van der Waals surface area contributed by atoms with Crippen LogP contribution in [0.5, 0.6) is 0 Å². The summed E-state index contributed by atoms with van der Waals surface area (Å²) in [7, 11) is 0. The summed E-state index contributed by atoms with van der Waals surface area (Å²) in [5.41, 5.74) is 2.87. The summed E-state index contributed by atoms with van der Waals surface area (Å²) in [6, 6.07) is 1.22. The van der Waals surface area contributed by atoms with E-state index in [4.69, 9.17) is 5.84 Å². The lowest BCUT2D eigenvalue weighted by molar-refractivity contribution is 0.433. The number of nitrogens with one attached hydrogen (secondary N) is 1. The number of hydrazine groups is 1. The number of halogens is 3. The first-order valence-electron chi connectivity index (χ1n) is 5.70. The molecule has 0 bridgehead atoms. The fourth-order valence-electron chi connectivity index (χ4n) is 1.83. The largest absolute Gasteiger partial charge is 0.273 e. The van der Waals surface area contributed by atoms with Crippen LogP contribution in [0.25, 0.3) is 0 Å². The Hall–Kier alpha value is -1.86. The zero-order valence-electron chi connectivity index (χ0n) is 10.2. The third-order valence-corrected chi connectivity index (χ3v) is 2.85. The van der Waals surface area contributed by atoms with Gasteiger partial charge in [-0.15, -0.1) is 0 Å². The van der Waals surface area contributed by atoms with Gasteiger partial charge in [0.2, 0.25) is 0 Å². The lowest BCUT2D eigenvalue weighted by atomic mass is 10.0. The van der Waals surface area contributed by atoms with Crippen LogP contribution < -0.4 is 11.3 Å². The van der Waals surface area contributed by atoms with E-state index in [1.807, 2.05) is 6.92 Å². The van der Waals surface area contributed by atoms with Gasteiger partial charge in [-0.2, -0.15) is 5.10 Å². The van der Waals surface area contributed by atoms with Crippen molar-refractivity contribution in [3.8, 4) is 0 Å². The van der Waals surface area contributed by atoms with Gasteiger partial charge in [0.05, 0.1) is 12.2 Å². The average molecular weight is 270 g/mol. The molecule has 2 rings (SSSR count). The van der Waals surface area contributed by atoms with Gasteiger partial charge in [0.1, 0.15) is 0 Å². The maximum absolute atomic E-state index is 13.7. The van der Waals surface area contributed by atoms with Crippen LogP contribution in [0.3, 0.4) is 0 Å². The molecule has 0 spiro atoms. The molecule has 4 nitrogen and oxygen atoms in total. The van der Waals surface area contributed by atoms with Gasteiger partial charge in [-0.05, 0) is 13.0 Å². The first-order valence-corrected chi connectivity index (χ1v) is 5.70. The van der Waals surface area contributed by atoms with Crippen LogP contribution in [0.4, 0.5) is 13.2 Å². The number of rotatable bonds is 4. The lowest BCUT2D eigenvalue weighted by Crippen LogP contribution is -2.29. The predicted molar refractivity (Wildman–Crippen MR) is 63.4 cm³/mol. The van der Waals surface area contributed by atoms with Gasteiger partial charge in [-0.3, -0.25) is 10.5 Å². The Labute approximate surface area is 108 Å². The minimum absolute atomic E-state index is 0.0722. The predicted octanol–water partition coefficient (Wildman–Crippen LogP) is 1.87. The molecule has 0 fully saturated rings. The molecule has 7 heteroatoms. The average Bonchev–Trinajstić information content (AvgIpc) is 2.88. The van der Waals surface area contributed by atoms with Crippen LogP contribution in [-0.2, 0) is 6.54 Å². The zero-order chi connectivity index (χ0) is 14.0. The number of nitrogens with zero attached hydrogens (tertiary/aromatic N) is 2. The first-order chi connectivity index (χ1) is 9.08. The summed E-state index contributed by atoms with van der Waals surface area (Å²) < 4.78 is 41.5. The minimum Gasteiger partial charge on any atom is -0.273 e. The summed E-state index contributed by atoms with van der Waals surface area (Å²) in [5.74, 6) is 1.37. The van der Waals surface area contributed by atoms with Crippen LogP contribution >= 0.6 is 0 Å². The molecule has 0 saturated heterocycles. The van der Waals surface area contributed by atoms with Crippen molar-refractivity contribution in [2.24, 2.45) is 5.84 Å². The van der Waals surface area contributed by atoms with E-state index in [0.717, 1.165) is 12.1 Å². The van der Waals surface area contributed by atoms with E-state index in [1.165, 1.54) is 6.20 Å². The van der Waals surface area contributed by atoms with Crippen LogP contribution in [0.2, 0.25) is 0 Å². The highest BCUT2D eigenvalue weighted by Crippen LogP contribution is 2.26. The molecule has 1 aromatic carbocycles. The van der Waals surface area contributed by atoms with E-state index < -0.39 is 23.5 Å². The number of aromatic nitrogens is 2. The van der Waals surface area contributed by atoms with E-state index in [2.05, 4.69) is 10.5 Å². The van der Waals surface area contributed by atoms with Crippen molar-refractivity contribution in [2.75, 3.05) is 0 Å². The molecule has 0 aliphatic rings. The van der Waals surface area contributed by atoms with E-state index in [1.54, 1.807) is 10.9 Å². The number of benzene rings is 1. The molecule has 0 aliphatic heterocycles. The number of nitrogens with two attached hydrogens (primary N) is 1. The Morgan fingerprint density at radius 1 is 1.32 bits per heavy atom. The Bertz CT molecular complexity index is 582. The molecule has 1 aromatic heterocycles. The van der Waals surface area contributed by atoms with Crippen molar-refractivity contribution in [3.05, 3.63) is 53.1 Å². The summed E-state index contributed by atoms with van der Waals surface area (Å²) in [6.45, 7) is 2.53. The Morgan fingerprint density at radius 3 is 2.63 bits per heavy atom. The normalized spacial score (nSPS) is 12.7. The summed E-state index contributed by atoms with van der Waals surface area (Å²) >= 11 is 0. The zero-order valence-corrected chi connectivity index (χ0v) is 10.2. The lowest BCUT2D eigenvalue weighted by Gasteiger charge is -2.15. The molecule has 0 amide bonds. The van der Waals surface area contributed by atoms with E-state index in [9.17, 15) is 13.2 Å². The second kappa shape index (κ2) is 5.41. The molecule has 2 aromatic rings. The van der Waals surface area contributed by atoms with Crippen molar-refractivity contribution in [2.45, 2.75) is 19.5 Å². The molecule has 0 saturated carbocycles. The maximum Gasteiger partial charge on any atom is 0.194 e. The standard InChI is InChI=1S/C12H13F3N4/c1-2-19-6-7(5-17-19)12(18-16)8-3-4-9(13)11(15)10(8)14/h3-6,12,18H,2,16H2,1H3. The van der Waals surface area contributed by atoms with Gasteiger partial charge in [-0.25, -0.2) is 18.6 Å². The van der Waals surface area contributed by atoms with Crippen molar-refractivity contribution in [1.29, 1.82) is 0 Å². The summed E-state index contributed by atoms with van der Waals surface area (Å²) in [5, 5.41) is 4.03. The summed E-state index contributed by atoms with van der Waals surface area (Å²) in [6.07, 6.45) is 3.15. The second-order valence-corrected chi connectivity index (χ2v) is 3.99. The third kappa shape index (κ3) is 2.47. The van der Waals surface area contributed by atoms with E-state index in [0.29, 0.717) is 12.1 Å². The highest BCUT2D eigenvalue weighted by molar-refractivity contribution is 5.31. The van der Waals surface area contributed by atoms with Gasteiger partial charge in [0, 0.05) is 23.9 Å². The highest BCUT2D eigenvalue weighted by Gasteiger charge is 2.22. The van der Waals surface area contributed by atoms with Crippen LogP contribution in [0.15, 0.2) is 24.5 Å². The smallest absolute Gasteiger partial charge is 0.194 e. The van der Waals surface area contributed by atoms with Crippen LogP contribution in [-0.4, -0.2) is 9.78 Å². The Kier molecular flexibility index (Phi) is 3.87. The van der Waals surface area contributed by atoms with Crippen molar-refractivity contribution >= 4 is 0 Å². The molecule has 1 heterocycles. The number of hydrogen-bond acceptors (Lipinski definition) is 3. The molecular formula is C12H13F3N4. The number of aryl methyl sites for hydroxylation is 1. The van der Waals surface area contributed by atoms with E-state index in [-0.39, 0.29) is 5.56 Å².